The molecule has 1 aliphatic heterocycles. The summed E-state index contributed by atoms with van der Waals surface area (Å²) >= 11 is 0. The van der Waals surface area contributed by atoms with E-state index in [9.17, 15) is 14.4 Å². The predicted molar refractivity (Wildman–Crippen MR) is 148 cm³/mol. The number of alkyl carbamates (subject to hydrolysis) is 1. The lowest BCUT2D eigenvalue weighted by Gasteiger charge is -2.42. The van der Waals surface area contributed by atoms with Gasteiger partial charge in [-0.15, -0.1) is 0 Å². The molecule has 0 atom stereocenters. The van der Waals surface area contributed by atoms with Crippen LogP contribution >= 0.6 is 0 Å². The molecule has 1 heterocycles. The first-order chi connectivity index (χ1) is 19.4. The van der Waals surface area contributed by atoms with Gasteiger partial charge < -0.3 is 15.2 Å². The van der Waals surface area contributed by atoms with Gasteiger partial charge in [0.15, 0.2) is 6.61 Å². The van der Waals surface area contributed by atoms with E-state index in [-0.39, 0.29) is 12.5 Å². The van der Waals surface area contributed by atoms with Crippen LogP contribution in [0, 0.1) is 0 Å². The first-order valence-corrected chi connectivity index (χ1v) is 13.4. The highest BCUT2D eigenvalue weighted by Crippen LogP contribution is 2.44. The zero-order chi connectivity index (χ0) is 28.1. The number of likely N-dealkylation sites (tertiary alicyclic amines) is 1. The Bertz CT molecular complexity index is 1320. The van der Waals surface area contributed by atoms with Gasteiger partial charge in [-0.05, 0) is 40.7 Å². The van der Waals surface area contributed by atoms with Gasteiger partial charge in [-0.1, -0.05) is 78.9 Å². The molecule has 0 bridgehead atoms. The van der Waals surface area contributed by atoms with E-state index in [4.69, 9.17) is 14.7 Å². The van der Waals surface area contributed by atoms with Gasteiger partial charge in [-0.3, -0.25) is 14.5 Å². The zero-order valence-electron chi connectivity index (χ0n) is 22.4. The molecule has 5 rings (SSSR count). The minimum absolute atomic E-state index is 0.112. The Hall–Kier alpha value is -4.21. The average molecular weight is 544 g/mol. The predicted octanol–water partition coefficient (Wildman–Crippen LogP) is 4.03. The monoisotopic (exact) mass is 543 g/mol. The SMILES string of the molecule is CN(OCC(=O)O)C(=O)C1(NC(=O)OCC2c3ccccc3-c3ccccc32)CCN(Cc2ccccc2)CC1. The number of fused-ring (bicyclic) bond motifs is 3. The van der Waals surface area contributed by atoms with Crippen LogP contribution < -0.4 is 5.32 Å². The minimum Gasteiger partial charge on any atom is -0.479 e. The molecule has 9 nitrogen and oxygen atoms in total. The van der Waals surface area contributed by atoms with E-state index in [2.05, 4.69) is 34.5 Å². The topological polar surface area (TPSA) is 108 Å². The minimum atomic E-state index is -1.29. The molecular formula is C31H33N3O6. The fourth-order valence-corrected chi connectivity index (χ4v) is 5.67. The molecule has 0 spiro atoms. The van der Waals surface area contributed by atoms with Crippen LogP contribution in [-0.4, -0.2) is 71.9 Å². The number of hydrogen-bond donors (Lipinski definition) is 2. The van der Waals surface area contributed by atoms with Crippen molar-refractivity contribution in [3.8, 4) is 11.1 Å². The van der Waals surface area contributed by atoms with Gasteiger partial charge >= 0.3 is 12.1 Å². The average Bonchev–Trinajstić information content (AvgIpc) is 3.29. The second-order valence-corrected chi connectivity index (χ2v) is 10.3. The lowest BCUT2D eigenvalue weighted by atomic mass is 9.86. The van der Waals surface area contributed by atoms with Crippen molar-refractivity contribution in [1.29, 1.82) is 0 Å². The molecule has 9 heteroatoms. The number of hydroxylamine groups is 2. The summed E-state index contributed by atoms with van der Waals surface area (Å²) in [6, 6.07) is 26.2. The number of piperidine rings is 1. The van der Waals surface area contributed by atoms with Crippen molar-refractivity contribution in [3.05, 3.63) is 95.6 Å². The fraction of sp³-hybridized carbons (Fsp3) is 0.323. The van der Waals surface area contributed by atoms with Crippen molar-refractivity contribution >= 4 is 18.0 Å². The molecule has 3 aromatic carbocycles. The van der Waals surface area contributed by atoms with Gasteiger partial charge in [0.1, 0.15) is 12.1 Å². The van der Waals surface area contributed by atoms with Crippen LogP contribution in [-0.2, 0) is 25.7 Å². The standard InChI is InChI=1S/C31H33N3O6/c1-33(40-21-28(35)36)29(37)31(15-17-34(18-16-31)19-22-9-3-2-4-10-22)32-30(38)39-20-27-25-13-7-5-11-23(25)24-12-6-8-14-26(24)27/h2-14,27H,15-21H2,1H3,(H,32,38)(H,35,36). The summed E-state index contributed by atoms with van der Waals surface area (Å²) in [5, 5.41) is 12.8. The highest BCUT2D eigenvalue weighted by molar-refractivity contribution is 5.89. The van der Waals surface area contributed by atoms with Crippen LogP contribution in [0.5, 0.6) is 0 Å². The Morgan fingerprint density at radius 1 is 0.925 bits per heavy atom. The first kappa shape index (κ1) is 27.4. The number of nitrogens with one attached hydrogen (secondary N) is 1. The number of carbonyl (C=O) groups excluding carboxylic acids is 2. The quantitative estimate of drug-likeness (QED) is 0.392. The van der Waals surface area contributed by atoms with E-state index in [0.29, 0.717) is 25.9 Å². The lowest BCUT2D eigenvalue weighted by molar-refractivity contribution is -0.192. The maximum atomic E-state index is 13.5. The molecule has 1 saturated heterocycles. The fourth-order valence-electron chi connectivity index (χ4n) is 5.67. The van der Waals surface area contributed by atoms with Crippen molar-refractivity contribution in [3.63, 3.8) is 0 Å². The zero-order valence-corrected chi connectivity index (χ0v) is 22.4. The summed E-state index contributed by atoms with van der Waals surface area (Å²) in [5.41, 5.74) is 4.32. The van der Waals surface area contributed by atoms with Crippen LogP contribution in [0.3, 0.4) is 0 Å². The Balaban J connectivity index is 1.28. The van der Waals surface area contributed by atoms with Gasteiger partial charge in [-0.25, -0.2) is 14.7 Å². The van der Waals surface area contributed by atoms with Crippen LogP contribution in [0.1, 0.15) is 35.4 Å². The molecule has 0 unspecified atom stereocenters. The van der Waals surface area contributed by atoms with E-state index in [0.717, 1.165) is 39.4 Å². The molecule has 0 aromatic heterocycles. The molecular weight excluding hydrogens is 510 g/mol. The van der Waals surface area contributed by atoms with Gasteiger partial charge in [0, 0.05) is 32.6 Å². The molecule has 2 amide bonds. The summed E-state index contributed by atoms with van der Waals surface area (Å²) in [7, 11) is 1.36. The van der Waals surface area contributed by atoms with E-state index >= 15 is 0 Å². The van der Waals surface area contributed by atoms with Crippen molar-refractivity contribution in [2.75, 3.05) is 33.4 Å². The molecule has 0 radical (unpaired) electrons. The van der Waals surface area contributed by atoms with E-state index in [1.165, 1.54) is 7.05 Å². The molecule has 3 aromatic rings. The normalized spacial score (nSPS) is 16.0. The van der Waals surface area contributed by atoms with Gasteiger partial charge in [0.25, 0.3) is 5.91 Å². The van der Waals surface area contributed by atoms with Crippen LogP contribution in [0.2, 0.25) is 0 Å². The third-order valence-corrected chi connectivity index (χ3v) is 7.72. The maximum Gasteiger partial charge on any atom is 0.408 e. The Kier molecular flexibility index (Phi) is 8.14. The van der Waals surface area contributed by atoms with Crippen molar-refractivity contribution in [2.24, 2.45) is 0 Å². The lowest BCUT2D eigenvalue weighted by Crippen LogP contribution is -2.63. The van der Waals surface area contributed by atoms with Gasteiger partial charge in [-0.2, -0.15) is 0 Å². The number of amides is 2. The molecule has 1 fully saturated rings. The number of aliphatic carboxylic acids is 1. The number of nitrogens with zero attached hydrogens (tertiary/aromatic N) is 2. The van der Waals surface area contributed by atoms with Crippen LogP contribution in [0.4, 0.5) is 4.79 Å². The van der Waals surface area contributed by atoms with E-state index in [1.807, 2.05) is 54.6 Å². The highest BCUT2D eigenvalue weighted by Gasteiger charge is 2.45. The van der Waals surface area contributed by atoms with E-state index in [1.54, 1.807) is 0 Å². The summed E-state index contributed by atoms with van der Waals surface area (Å²) < 4.78 is 5.75. The third-order valence-electron chi connectivity index (χ3n) is 7.72. The van der Waals surface area contributed by atoms with Crippen LogP contribution in [0.25, 0.3) is 11.1 Å². The first-order valence-electron chi connectivity index (χ1n) is 13.4. The second-order valence-electron chi connectivity index (χ2n) is 10.3. The maximum absolute atomic E-state index is 13.5. The van der Waals surface area contributed by atoms with Gasteiger partial charge in [0.05, 0.1) is 0 Å². The molecule has 40 heavy (non-hydrogen) atoms. The smallest absolute Gasteiger partial charge is 0.408 e. The Labute approximate surface area is 233 Å². The largest absolute Gasteiger partial charge is 0.479 e. The number of benzene rings is 3. The molecule has 0 saturated carbocycles. The highest BCUT2D eigenvalue weighted by atomic mass is 16.7. The number of likely N-dealkylation sites (N-methyl/N-ethyl adjacent to an activating group) is 1. The molecule has 1 aliphatic carbocycles. The third kappa shape index (κ3) is 5.85. The van der Waals surface area contributed by atoms with Crippen molar-refractivity contribution in [1.82, 2.24) is 15.3 Å². The number of rotatable bonds is 9. The number of carboxylic acids is 1. The summed E-state index contributed by atoms with van der Waals surface area (Å²) in [6.45, 7) is 1.29. The van der Waals surface area contributed by atoms with Crippen molar-refractivity contribution < 1.29 is 29.1 Å². The Morgan fingerprint density at radius 3 is 2.10 bits per heavy atom. The number of carboxylic acid groups (broad SMARTS) is 1. The summed E-state index contributed by atoms with van der Waals surface area (Å²) in [5.74, 6) is -1.82. The summed E-state index contributed by atoms with van der Waals surface area (Å²) in [4.78, 5) is 45.1. The Morgan fingerprint density at radius 2 is 1.50 bits per heavy atom. The van der Waals surface area contributed by atoms with Crippen molar-refractivity contribution in [2.45, 2.75) is 30.8 Å². The number of hydrogen-bond acceptors (Lipinski definition) is 6. The number of carbonyl (C=O) groups is 3. The second kappa shape index (κ2) is 11.9. The van der Waals surface area contributed by atoms with Crippen LogP contribution in [0.15, 0.2) is 78.9 Å². The number of ether oxygens (including phenoxy) is 1. The molecule has 208 valence electrons. The van der Waals surface area contributed by atoms with E-state index < -0.39 is 30.1 Å². The molecule has 2 aliphatic rings. The van der Waals surface area contributed by atoms with Gasteiger partial charge in [0.2, 0.25) is 0 Å². The summed E-state index contributed by atoms with van der Waals surface area (Å²) in [6.07, 6.45) is -0.0499. The molecule has 2 N–H and O–H groups in total.